The summed E-state index contributed by atoms with van der Waals surface area (Å²) in [6, 6.07) is 9.63. The van der Waals surface area contributed by atoms with Crippen molar-refractivity contribution < 1.29 is 18.0 Å². The quantitative estimate of drug-likeness (QED) is 0.463. The Balaban J connectivity index is 1.57. The van der Waals surface area contributed by atoms with E-state index in [4.69, 9.17) is 23.2 Å². The van der Waals surface area contributed by atoms with Crippen molar-refractivity contribution in [2.24, 2.45) is 10.4 Å². The molecule has 1 aliphatic heterocycles. The van der Waals surface area contributed by atoms with Gasteiger partial charge in [-0.3, -0.25) is 9.79 Å². The number of amides is 1. The number of nitrogens with zero attached hydrogens (tertiary/aromatic N) is 1. The van der Waals surface area contributed by atoms with Crippen molar-refractivity contribution in [3.63, 3.8) is 0 Å². The van der Waals surface area contributed by atoms with Gasteiger partial charge >= 0.3 is 6.18 Å². The average molecular weight is 511 g/mol. The van der Waals surface area contributed by atoms with Crippen LogP contribution in [0.3, 0.4) is 0 Å². The predicted molar refractivity (Wildman–Crippen MR) is 130 cm³/mol. The number of nitrogens with one attached hydrogen (secondary N) is 1. The van der Waals surface area contributed by atoms with Gasteiger partial charge in [-0.1, -0.05) is 56.1 Å². The lowest BCUT2D eigenvalue weighted by Gasteiger charge is -2.31. The molecule has 2 unspecified atom stereocenters. The van der Waals surface area contributed by atoms with E-state index < -0.39 is 18.1 Å². The Hall–Kier alpha value is -2.05. The summed E-state index contributed by atoms with van der Waals surface area (Å²) in [4.78, 5) is 16.7. The Kier molecular flexibility index (Phi) is 6.54. The minimum Gasteiger partial charge on any atom is -0.349 e. The van der Waals surface area contributed by atoms with Crippen molar-refractivity contribution in [3.05, 3.63) is 68.7 Å². The Bertz CT molecular complexity index is 1130. The van der Waals surface area contributed by atoms with Crippen LogP contribution in [-0.4, -0.2) is 24.3 Å². The summed E-state index contributed by atoms with van der Waals surface area (Å²) in [5.41, 5.74) is 0.910. The molecule has 4 rings (SSSR count). The Morgan fingerprint density at radius 2 is 1.79 bits per heavy atom. The zero-order valence-corrected chi connectivity index (χ0v) is 20.8. The molecule has 2 atom stereocenters. The van der Waals surface area contributed by atoms with Gasteiger partial charge in [0.1, 0.15) is 5.41 Å². The number of aliphatic imine (C=N–C) groups is 1. The van der Waals surface area contributed by atoms with Crippen LogP contribution < -0.4 is 5.32 Å². The van der Waals surface area contributed by atoms with Gasteiger partial charge < -0.3 is 5.32 Å². The minimum absolute atomic E-state index is 0.00439. The van der Waals surface area contributed by atoms with Crippen molar-refractivity contribution in [2.45, 2.75) is 64.1 Å². The van der Waals surface area contributed by atoms with Gasteiger partial charge in [-0.2, -0.15) is 13.2 Å². The molecule has 2 aliphatic rings. The molecule has 2 aromatic carbocycles. The number of hydrogen-bond acceptors (Lipinski definition) is 2. The lowest BCUT2D eigenvalue weighted by atomic mass is 9.76. The van der Waals surface area contributed by atoms with Crippen LogP contribution in [0.15, 0.2) is 41.4 Å². The van der Waals surface area contributed by atoms with Crippen molar-refractivity contribution in [3.8, 4) is 0 Å². The average Bonchev–Trinajstić information content (AvgIpc) is 3.31. The third kappa shape index (κ3) is 4.99. The van der Waals surface area contributed by atoms with Crippen LogP contribution in [0.25, 0.3) is 0 Å². The third-order valence-corrected chi connectivity index (χ3v) is 6.98. The molecule has 0 aromatic heterocycles. The fourth-order valence-corrected chi connectivity index (χ4v) is 5.40. The van der Waals surface area contributed by atoms with Gasteiger partial charge in [0.2, 0.25) is 5.91 Å². The maximum atomic E-state index is 14.4. The Morgan fingerprint density at radius 1 is 1.12 bits per heavy atom. The second kappa shape index (κ2) is 8.87. The molecule has 3 nitrogen and oxygen atoms in total. The molecule has 1 aliphatic carbocycles. The first kappa shape index (κ1) is 25.1. The van der Waals surface area contributed by atoms with E-state index in [0.29, 0.717) is 17.7 Å². The molecule has 2 aromatic rings. The van der Waals surface area contributed by atoms with Crippen LogP contribution in [0.2, 0.25) is 10.0 Å². The molecule has 0 bridgehead atoms. The third-order valence-electron chi connectivity index (χ3n) is 6.55. The summed E-state index contributed by atoms with van der Waals surface area (Å²) in [6.07, 6.45) is -2.84. The number of benzene rings is 2. The van der Waals surface area contributed by atoms with Crippen LogP contribution in [0.4, 0.5) is 13.2 Å². The highest BCUT2D eigenvalue weighted by Crippen LogP contribution is 2.49. The zero-order valence-electron chi connectivity index (χ0n) is 19.3. The van der Waals surface area contributed by atoms with Crippen molar-refractivity contribution in [1.82, 2.24) is 5.32 Å². The summed E-state index contributed by atoms with van der Waals surface area (Å²) in [5.74, 6) is 0.00439. The fourth-order valence-electron chi connectivity index (χ4n) is 4.87. The maximum absolute atomic E-state index is 14.4. The highest BCUT2D eigenvalue weighted by atomic mass is 35.5. The molecule has 34 heavy (non-hydrogen) atoms. The molecular weight excluding hydrogens is 484 g/mol. The van der Waals surface area contributed by atoms with Crippen LogP contribution >= 0.6 is 23.2 Å². The van der Waals surface area contributed by atoms with Gasteiger partial charge in [0.25, 0.3) is 0 Å². The van der Waals surface area contributed by atoms with Gasteiger partial charge in [-0.25, -0.2) is 0 Å². The molecule has 182 valence electrons. The first-order chi connectivity index (χ1) is 15.8. The van der Waals surface area contributed by atoms with E-state index in [1.807, 2.05) is 39.0 Å². The molecule has 1 amide bonds. The van der Waals surface area contributed by atoms with Gasteiger partial charge in [0.05, 0.1) is 12.6 Å². The second-order valence-electron chi connectivity index (χ2n) is 10.5. The number of alkyl halides is 3. The van der Waals surface area contributed by atoms with Gasteiger partial charge in [-0.05, 0) is 64.8 Å². The van der Waals surface area contributed by atoms with Crippen molar-refractivity contribution in [2.75, 3.05) is 6.54 Å². The molecule has 0 radical (unpaired) electrons. The van der Waals surface area contributed by atoms with E-state index in [9.17, 15) is 18.0 Å². The highest BCUT2D eigenvalue weighted by Gasteiger charge is 2.58. The topological polar surface area (TPSA) is 41.5 Å². The first-order valence-corrected chi connectivity index (χ1v) is 12.0. The number of fused-ring (bicyclic) bond motifs is 1. The van der Waals surface area contributed by atoms with E-state index in [-0.39, 0.29) is 39.4 Å². The molecule has 8 heteroatoms. The SMILES string of the molecule is CC(C)(C)CC(=O)NC1CCc2cc(C3=NCC(c4cc(Cl)cc(Cl)c4)(C(F)(F)F)C3)ccc21. The number of hydrogen-bond donors (Lipinski definition) is 1. The van der Waals surface area contributed by atoms with Crippen LogP contribution in [0, 0.1) is 5.41 Å². The normalized spacial score (nSPS) is 22.5. The van der Waals surface area contributed by atoms with Gasteiger partial charge in [0, 0.05) is 28.6 Å². The second-order valence-corrected chi connectivity index (χ2v) is 11.4. The smallest absolute Gasteiger partial charge is 0.349 e. The van der Waals surface area contributed by atoms with Crippen LogP contribution in [0.1, 0.15) is 68.3 Å². The summed E-state index contributed by atoms with van der Waals surface area (Å²) >= 11 is 12.0. The maximum Gasteiger partial charge on any atom is 0.400 e. The highest BCUT2D eigenvalue weighted by molar-refractivity contribution is 6.34. The standard InChI is InChI=1S/C26H27Cl2F3N2O/c1-24(2,3)13-23(34)33-21-7-5-15-8-16(4-6-20(15)21)22-12-25(14-32-22,26(29,30)31)17-9-18(27)11-19(28)10-17/h4,6,8-11,21H,5,7,12-14H2,1-3H3,(H,33,34). The van der Waals surface area contributed by atoms with Crippen LogP contribution in [-0.2, 0) is 16.6 Å². The number of carbonyl (C=O) groups excluding carboxylic acids is 1. The van der Waals surface area contributed by atoms with Crippen molar-refractivity contribution >= 4 is 34.8 Å². The molecule has 0 saturated carbocycles. The Morgan fingerprint density at radius 3 is 2.41 bits per heavy atom. The summed E-state index contributed by atoms with van der Waals surface area (Å²) in [5, 5.41) is 3.43. The van der Waals surface area contributed by atoms with E-state index >= 15 is 0 Å². The van der Waals surface area contributed by atoms with E-state index in [0.717, 1.165) is 24.0 Å². The number of rotatable bonds is 4. The van der Waals surface area contributed by atoms with Gasteiger partial charge in [0.15, 0.2) is 0 Å². The minimum atomic E-state index is -4.52. The number of carbonyl (C=O) groups is 1. The first-order valence-electron chi connectivity index (χ1n) is 11.3. The summed E-state index contributed by atoms with van der Waals surface area (Å²) in [6.45, 7) is 5.64. The lowest BCUT2D eigenvalue weighted by molar-refractivity contribution is -0.183. The lowest BCUT2D eigenvalue weighted by Crippen LogP contribution is -2.43. The molecule has 1 heterocycles. The molecule has 1 N–H and O–H groups in total. The van der Waals surface area contributed by atoms with Gasteiger partial charge in [-0.15, -0.1) is 0 Å². The monoisotopic (exact) mass is 510 g/mol. The molecule has 0 spiro atoms. The Labute approximate surface area is 207 Å². The zero-order chi connectivity index (χ0) is 24.9. The number of halogens is 5. The number of aryl methyl sites for hydroxylation is 1. The molecule has 0 saturated heterocycles. The molecular formula is C26H27Cl2F3N2O. The van der Waals surface area contributed by atoms with E-state index in [1.165, 1.54) is 18.2 Å². The van der Waals surface area contributed by atoms with Crippen LogP contribution in [0.5, 0.6) is 0 Å². The predicted octanol–water partition coefficient (Wildman–Crippen LogP) is 7.23. The van der Waals surface area contributed by atoms with E-state index in [1.54, 1.807) is 0 Å². The molecule has 0 fully saturated rings. The van der Waals surface area contributed by atoms with Crippen molar-refractivity contribution in [1.29, 1.82) is 0 Å². The van der Waals surface area contributed by atoms with E-state index in [2.05, 4.69) is 10.3 Å². The largest absolute Gasteiger partial charge is 0.400 e. The summed E-state index contributed by atoms with van der Waals surface area (Å²) in [7, 11) is 0. The summed E-state index contributed by atoms with van der Waals surface area (Å²) < 4.78 is 43.1. The fraction of sp³-hybridized carbons (Fsp3) is 0.462.